The van der Waals surface area contributed by atoms with Crippen LogP contribution in [0.2, 0.25) is 5.02 Å². The molecule has 3 N–H and O–H groups in total. The van der Waals surface area contributed by atoms with Gasteiger partial charge in [-0.2, -0.15) is 0 Å². The van der Waals surface area contributed by atoms with Gasteiger partial charge < -0.3 is 16.0 Å². The fourth-order valence-corrected chi connectivity index (χ4v) is 3.15. The lowest BCUT2D eigenvalue weighted by atomic mass is 9.84. The van der Waals surface area contributed by atoms with Crippen LogP contribution in [-0.4, -0.2) is 38.0 Å². The SMILES string of the molecule is CC(CC(=O)NCCNC(=O)c1ccc(Cl)cc1)C1CCNCC1. The molecule has 1 saturated heterocycles. The number of carbonyl (C=O) groups excluding carboxylic acids is 2. The lowest BCUT2D eigenvalue weighted by Crippen LogP contribution is -2.36. The van der Waals surface area contributed by atoms with E-state index in [1.54, 1.807) is 24.3 Å². The molecule has 1 heterocycles. The van der Waals surface area contributed by atoms with E-state index in [9.17, 15) is 9.59 Å². The van der Waals surface area contributed by atoms with Crippen LogP contribution >= 0.6 is 11.6 Å². The van der Waals surface area contributed by atoms with Gasteiger partial charge in [-0.25, -0.2) is 0 Å². The molecule has 132 valence electrons. The summed E-state index contributed by atoms with van der Waals surface area (Å²) in [6.07, 6.45) is 2.84. The Bertz CT molecular complexity index is 542. The maximum Gasteiger partial charge on any atom is 0.251 e. The summed E-state index contributed by atoms with van der Waals surface area (Å²) in [6, 6.07) is 6.72. The summed E-state index contributed by atoms with van der Waals surface area (Å²) < 4.78 is 0. The quantitative estimate of drug-likeness (QED) is 0.660. The van der Waals surface area contributed by atoms with Gasteiger partial charge in [-0.3, -0.25) is 9.59 Å². The number of benzene rings is 1. The molecule has 0 aromatic heterocycles. The van der Waals surface area contributed by atoms with Crippen molar-refractivity contribution in [2.24, 2.45) is 11.8 Å². The molecule has 1 aliphatic heterocycles. The Morgan fingerprint density at radius 3 is 2.46 bits per heavy atom. The minimum Gasteiger partial charge on any atom is -0.354 e. The first kappa shape index (κ1) is 18.7. The molecule has 1 aliphatic rings. The van der Waals surface area contributed by atoms with Gasteiger partial charge in [0.25, 0.3) is 5.91 Å². The highest BCUT2D eigenvalue weighted by atomic mass is 35.5. The minimum atomic E-state index is -0.163. The Morgan fingerprint density at radius 2 is 1.79 bits per heavy atom. The Kier molecular flexibility index (Phi) is 7.53. The number of hydrogen-bond donors (Lipinski definition) is 3. The van der Waals surface area contributed by atoms with Gasteiger partial charge in [0, 0.05) is 30.1 Å². The first-order valence-corrected chi connectivity index (χ1v) is 8.95. The number of hydrogen-bond acceptors (Lipinski definition) is 3. The van der Waals surface area contributed by atoms with Gasteiger partial charge in [0.05, 0.1) is 0 Å². The molecule has 1 unspecified atom stereocenters. The van der Waals surface area contributed by atoms with Crippen LogP contribution in [0.15, 0.2) is 24.3 Å². The molecule has 0 radical (unpaired) electrons. The monoisotopic (exact) mass is 351 g/mol. The Balaban J connectivity index is 1.61. The van der Waals surface area contributed by atoms with Crippen LogP contribution in [0, 0.1) is 11.8 Å². The van der Waals surface area contributed by atoms with Crippen molar-refractivity contribution in [1.29, 1.82) is 0 Å². The second-order valence-corrected chi connectivity index (χ2v) is 6.82. The predicted molar refractivity (Wildman–Crippen MR) is 96.2 cm³/mol. The summed E-state index contributed by atoms with van der Waals surface area (Å²) in [5.41, 5.74) is 0.560. The Labute approximate surface area is 148 Å². The standard InChI is InChI=1S/C18H26ClN3O2/c1-13(14-6-8-20-9-7-14)12-17(23)21-10-11-22-18(24)15-2-4-16(19)5-3-15/h2-5,13-14,20H,6-12H2,1H3,(H,21,23)(H,22,24). The Morgan fingerprint density at radius 1 is 1.17 bits per heavy atom. The molecular weight excluding hydrogens is 326 g/mol. The van der Waals surface area contributed by atoms with Crippen molar-refractivity contribution in [3.8, 4) is 0 Å². The third-order valence-electron chi connectivity index (χ3n) is 4.54. The molecule has 1 atom stereocenters. The highest BCUT2D eigenvalue weighted by molar-refractivity contribution is 6.30. The van der Waals surface area contributed by atoms with Crippen LogP contribution in [0.25, 0.3) is 0 Å². The van der Waals surface area contributed by atoms with Crippen molar-refractivity contribution < 1.29 is 9.59 Å². The van der Waals surface area contributed by atoms with Crippen LogP contribution in [-0.2, 0) is 4.79 Å². The second-order valence-electron chi connectivity index (χ2n) is 6.38. The molecule has 1 fully saturated rings. The third kappa shape index (κ3) is 6.13. The maximum absolute atomic E-state index is 12.0. The number of piperidine rings is 1. The highest BCUT2D eigenvalue weighted by Crippen LogP contribution is 2.23. The van der Waals surface area contributed by atoms with E-state index in [-0.39, 0.29) is 11.8 Å². The molecule has 0 spiro atoms. The molecule has 0 aliphatic carbocycles. The summed E-state index contributed by atoms with van der Waals surface area (Å²) in [6.45, 7) is 5.10. The van der Waals surface area contributed by atoms with Crippen LogP contribution < -0.4 is 16.0 Å². The first-order valence-electron chi connectivity index (χ1n) is 8.57. The molecule has 24 heavy (non-hydrogen) atoms. The predicted octanol–water partition coefficient (Wildman–Crippen LogP) is 2.21. The average Bonchev–Trinajstić information content (AvgIpc) is 2.60. The largest absolute Gasteiger partial charge is 0.354 e. The van der Waals surface area contributed by atoms with Crippen molar-refractivity contribution >= 4 is 23.4 Å². The van der Waals surface area contributed by atoms with Gasteiger partial charge in [0.15, 0.2) is 0 Å². The molecule has 0 bridgehead atoms. The summed E-state index contributed by atoms with van der Waals surface area (Å²) >= 11 is 5.79. The van der Waals surface area contributed by atoms with Crippen LogP contribution in [0.1, 0.15) is 36.5 Å². The molecular formula is C18H26ClN3O2. The van der Waals surface area contributed by atoms with Gasteiger partial charge in [-0.15, -0.1) is 0 Å². The average molecular weight is 352 g/mol. The highest BCUT2D eigenvalue weighted by Gasteiger charge is 2.21. The zero-order chi connectivity index (χ0) is 17.4. The van der Waals surface area contributed by atoms with Gasteiger partial charge in [0.2, 0.25) is 5.91 Å². The number of rotatable bonds is 7. The summed E-state index contributed by atoms with van der Waals surface area (Å²) in [5, 5.41) is 9.61. The molecule has 1 aromatic carbocycles. The summed E-state index contributed by atoms with van der Waals surface area (Å²) in [4.78, 5) is 23.9. The zero-order valence-electron chi connectivity index (χ0n) is 14.1. The zero-order valence-corrected chi connectivity index (χ0v) is 14.9. The van der Waals surface area contributed by atoms with E-state index in [4.69, 9.17) is 11.6 Å². The molecule has 6 heteroatoms. The van der Waals surface area contributed by atoms with Gasteiger partial charge >= 0.3 is 0 Å². The normalized spacial score (nSPS) is 16.4. The molecule has 5 nitrogen and oxygen atoms in total. The molecule has 2 rings (SSSR count). The van der Waals surface area contributed by atoms with E-state index in [1.807, 2.05) is 0 Å². The van der Waals surface area contributed by atoms with Crippen LogP contribution in [0.3, 0.4) is 0 Å². The van der Waals surface area contributed by atoms with E-state index in [2.05, 4.69) is 22.9 Å². The van der Waals surface area contributed by atoms with Gasteiger partial charge in [-0.05, 0) is 62.0 Å². The summed E-state index contributed by atoms with van der Waals surface area (Å²) in [7, 11) is 0. The molecule has 2 amide bonds. The lowest BCUT2D eigenvalue weighted by molar-refractivity contribution is -0.122. The van der Waals surface area contributed by atoms with E-state index in [1.165, 1.54) is 0 Å². The van der Waals surface area contributed by atoms with Gasteiger partial charge in [0.1, 0.15) is 0 Å². The molecule has 0 saturated carbocycles. The van der Waals surface area contributed by atoms with Crippen LogP contribution in [0.5, 0.6) is 0 Å². The second kappa shape index (κ2) is 9.64. The number of amides is 2. The fourth-order valence-electron chi connectivity index (χ4n) is 3.03. The smallest absolute Gasteiger partial charge is 0.251 e. The first-order chi connectivity index (χ1) is 11.6. The topological polar surface area (TPSA) is 70.2 Å². The van der Waals surface area contributed by atoms with E-state index in [0.717, 1.165) is 25.9 Å². The maximum atomic E-state index is 12.0. The number of halogens is 1. The number of nitrogens with one attached hydrogen (secondary N) is 3. The summed E-state index contributed by atoms with van der Waals surface area (Å²) in [5.74, 6) is 0.920. The minimum absolute atomic E-state index is 0.0572. The van der Waals surface area contributed by atoms with E-state index < -0.39 is 0 Å². The molecule has 1 aromatic rings. The van der Waals surface area contributed by atoms with Crippen molar-refractivity contribution in [2.75, 3.05) is 26.2 Å². The Hall–Kier alpha value is -1.59. The van der Waals surface area contributed by atoms with Gasteiger partial charge in [-0.1, -0.05) is 18.5 Å². The van der Waals surface area contributed by atoms with Crippen molar-refractivity contribution in [3.63, 3.8) is 0 Å². The number of carbonyl (C=O) groups is 2. The van der Waals surface area contributed by atoms with Crippen LogP contribution in [0.4, 0.5) is 0 Å². The third-order valence-corrected chi connectivity index (χ3v) is 4.79. The lowest BCUT2D eigenvalue weighted by Gasteiger charge is -2.27. The van der Waals surface area contributed by atoms with E-state index in [0.29, 0.717) is 41.9 Å². The van der Waals surface area contributed by atoms with E-state index >= 15 is 0 Å². The van der Waals surface area contributed by atoms with Crippen molar-refractivity contribution in [3.05, 3.63) is 34.9 Å². The fraction of sp³-hybridized carbons (Fsp3) is 0.556. The van der Waals surface area contributed by atoms with Crippen molar-refractivity contribution in [2.45, 2.75) is 26.2 Å². The van der Waals surface area contributed by atoms with Crippen molar-refractivity contribution in [1.82, 2.24) is 16.0 Å².